The highest BCUT2D eigenvalue weighted by Crippen LogP contribution is 2.20. The molecule has 1 aromatic rings. The van der Waals surface area contributed by atoms with Gasteiger partial charge >= 0.3 is 0 Å². The molecule has 0 fully saturated rings. The average Bonchev–Trinajstić information content (AvgIpc) is 2.30. The van der Waals surface area contributed by atoms with Crippen molar-refractivity contribution in [1.29, 1.82) is 0 Å². The predicted molar refractivity (Wildman–Crippen MR) is 73.9 cm³/mol. The molecule has 18 heavy (non-hydrogen) atoms. The lowest BCUT2D eigenvalue weighted by molar-refractivity contribution is -0.127. The monoisotopic (exact) mass is 249 g/mol. The molecule has 0 heterocycles. The number of carbonyl (C=O) groups excluding carboxylic acids is 1. The van der Waals surface area contributed by atoms with Gasteiger partial charge in [-0.15, -0.1) is 0 Å². The Morgan fingerprint density at radius 1 is 1.28 bits per heavy atom. The maximum Gasteiger partial charge on any atom is 0.260 e. The summed E-state index contributed by atoms with van der Waals surface area (Å²) in [5.41, 5.74) is 2.18. The molecular weight excluding hydrogens is 226 g/mol. The van der Waals surface area contributed by atoms with Gasteiger partial charge in [-0.25, -0.2) is 0 Å². The largest absolute Gasteiger partial charge is 0.481 e. The van der Waals surface area contributed by atoms with Gasteiger partial charge in [-0.3, -0.25) is 4.79 Å². The van der Waals surface area contributed by atoms with E-state index in [1.165, 1.54) is 0 Å². The van der Waals surface area contributed by atoms with Crippen molar-refractivity contribution in [2.75, 3.05) is 6.54 Å². The SMILES string of the molecule is Cc1ccc(C)c(OC(C)C(=O)NCC(C)C)c1. The van der Waals surface area contributed by atoms with Crippen LogP contribution in [0.4, 0.5) is 0 Å². The summed E-state index contributed by atoms with van der Waals surface area (Å²) in [5.74, 6) is 1.16. The summed E-state index contributed by atoms with van der Waals surface area (Å²) in [4.78, 5) is 11.8. The minimum absolute atomic E-state index is 0.0652. The van der Waals surface area contributed by atoms with Crippen molar-refractivity contribution in [3.05, 3.63) is 29.3 Å². The fourth-order valence-corrected chi connectivity index (χ4v) is 1.53. The van der Waals surface area contributed by atoms with Crippen LogP contribution >= 0.6 is 0 Å². The summed E-state index contributed by atoms with van der Waals surface area (Å²) in [7, 11) is 0. The van der Waals surface area contributed by atoms with Crippen LogP contribution in [0.25, 0.3) is 0 Å². The number of ether oxygens (including phenoxy) is 1. The quantitative estimate of drug-likeness (QED) is 0.871. The second kappa shape index (κ2) is 6.43. The Balaban J connectivity index is 2.60. The van der Waals surface area contributed by atoms with Crippen LogP contribution in [0.1, 0.15) is 31.9 Å². The number of hydrogen-bond donors (Lipinski definition) is 1. The molecule has 3 heteroatoms. The number of nitrogens with one attached hydrogen (secondary N) is 1. The van der Waals surface area contributed by atoms with Crippen LogP contribution in [-0.4, -0.2) is 18.6 Å². The van der Waals surface area contributed by atoms with Crippen LogP contribution in [0.3, 0.4) is 0 Å². The van der Waals surface area contributed by atoms with Gasteiger partial charge in [0.15, 0.2) is 6.10 Å². The number of aryl methyl sites for hydroxylation is 2. The van der Waals surface area contributed by atoms with Gasteiger partial charge in [-0.2, -0.15) is 0 Å². The molecule has 0 aliphatic carbocycles. The van der Waals surface area contributed by atoms with E-state index in [1.807, 2.05) is 32.0 Å². The second-order valence-electron chi connectivity index (χ2n) is 5.17. The van der Waals surface area contributed by atoms with Crippen molar-refractivity contribution in [1.82, 2.24) is 5.32 Å². The number of hydrogen-bond acceptors (Lipinski definition) is 2. The van der Waals surface area contributed by atoms with Crippen molar-refractivity contribution < 1.29 is 9.53 Å². The number of rotatable bonds is 5. The molecule has 100 valence electrons. The van der Waals surface area contributed by atoms with Crippen molar-refractivity contribution in [2.24, 2.45) is 5.92 Å². The topological polar surface area (TPSA) is 38.3 Å². The normalized spacial score (nSPS) is 12.3. The molecule has 0 saturated heterocycles. The fourth-order valence-electron chi connectivity index (χ4n) is 1.53. The lowest BCUT2D eigenvalue weighted by atomic mass is 10.1. The first-order valence-corrected chi connectivity index (χ1v) is 6.41. The van der Waals surface area contributed by atoms with Gasteiger partial charge in [0.05, 0.1) is 0 Å². The highest BCUT2D eigenvalue weighted by molar-refractivity contribution is 5.80. The lowest BCUT2D eigenvalue weighted by Crippen LogP contribution is -2.38. The molecular formula is C15H23NO2. The first-order valence-electron chi connectivity index (χ1n) is 6.41. The maximum atomic E-state index is 11.8. The molecule has 0 bridgehead atoms. The van der Waals surface area contributed by atoms with Gasteiger partial charge in [0.2, 0.25) is 0 Å². The van der Waals surface area contributed by atoms with Crippen molar-refractivity contribution in [3.8, 4) is 5.75 Å². The van der Waals surface area contributed by atoms with Gasteiger partial charge in [-0.05, 0) is 43.9 Å². The lowest BCUT2D eigenvalue weighted by Gasteiger charge is -2.17. The van der Waals surface area contributed by atoms with Crippen LogP contribution in [0.15, 0.2) is 18.2 Å². The van der Waals surface area contributed by atoms with E-state index in [1.54, 1.807) is 6.92 Å². The minimum atomic E-state index is -0.468. The Bertz CT molecular complexity index is 413. The molecule has 1 N–H and O–H groups in total. The van der Waals surface area contributed by atoms with Gasteiger partial charge in [0.25, 0.3) is 5.91 Å². The summed E-state index contributed by atoms with van der Waals surface area (Å²) in [5, 5.41) is 2.87. The van der Waals surface area contributed by atoms with Gasteiger partial charge in [0, 0.05) is 6.54 Å². The van der Waals surface area contributed by atoms with Crippen LogP contribution in [0, 0.1) is 19.8 Å². The van der Waals surface area contributed by atoms with E-state index in [-0.39, 0.29) is 5.91 Å². The molecule has 1 atom stereocenters. The Morgan fingerprint density at radius 2 is 1.94 bits per heavy atom. The predicted octanol–water partition coefficient (Wildman–Crippen LogP) is 2.84. The Morgan fingerprint density at radius 3 is 2.56 bits per heavy atom. The summed E-state index contributed by atoms with van der Waals surface area (Å²) < 4.78 is 5.71. The molecule has 0 radical (unpaired) electrons. The molecule has 0 spiro atoms. The number of amides is 1. The summed E-state index contributed by atoms with van der Waals surface area (Å²) in [6, 6.07) is 6.00. The Labute approximate surface area is 110 Å². The average molecular weight is 249 g/mol. The molecule has 0 aromatic heterocycles. The van der Waals surface area contributed by atoms with Crippen LogP contribution in [0.2, 0.25) is 0 Å². The summed E-state index contributed by atoms with van der Waals surface area (Å²) in [6.45, 7) is 10.6. The van der Waals surface area contributed by atoms with E-state index in [9.17, 15) is 4.79 Å². The Hall–Kier alpha value is -1.51. The molecule has 1 unspecified atom stereocenters. The molecule has 1 aromatic carbocycles. The highest BCUT2D eigenvalue weighted by Gasteiger charge is 2.15. The third kappa shape index (κ3) is 4.40. The minimum Gasteiger partial charge on any atom is -0.481 e. The van der Waals surface area contributed by atoms with Crippen molar-refractivity contribution in [3.63, 3.8) is 0 Å². The van der Waals surface area contributed by atoms with E-state index >= 15 is 0 Å². The number of carbonyl (C=O) groups is 1. The summed E-state index contributed by atoms with van der Waals surface area (Å²) in [6.07, 6.45) is -0.468. The highest BCUT2D eigenvalue weighted by atomic mass is 16.5. The van der Waals surface area contributed by atoms with Crippen LogP contribution in [-0.2, 0) is 4.79 Å². The van der Waals surface area contributed by atoms with Gasteiger partial charge in [0.1, 0.15) is 5.75 Å². The van der Waals surface area contributed by atoms with Crippen molar-refractivity contribution >= 4 is 5.91 Å². The number of benzene rings is 1. The zero-order valence-corrected chi connectivity index (χ0v) is 11.9. The third-order valence-corrected chi connectivity index (χ3v) is 2.70. The van der Waals surface area contributed by atoms with E-state index in [0.717, 1.165) is 16.9 Å². The first-order chi connectivity index (χ1) is 8.40. The van der Waals surface area contributed by atoms with Crippen LogP contribution < -0.4 is 10.1 Å². The first kappa shape index (κ1) is 14.6. The van der Waals surface area contributed by atoms with Crippen molar-refractivity contribution in [2.45, 2.75) is 40.7 Å². The van der Waals surface area contributed by atoms with E-state index in [4.69, 9.17) is 4.74 Å². The smallest absolute Gasteiger partial charge is 0.260 e. The molecule has 3 nitrogen and oxygen atoms in total. The molecule has 1 amide bonds. The Kier molecular flexibility index (Phi) is 5.20. The summed E-state index contributed by atoms with van der Waals surface area (Å²) >= 11 is 0. The third-order valence-electron chi connectivity index (χ3n) is 2.70. The molecule has 0 aliphatic heterocycles. The maximum absolute atomic E-state index is 11.8. The molecule has 0 aliphatic rings. The van der Waals surface area contributed by atoms with E-state index in [2.05, 4.69) is 19.2 Å². The molecule has 0 saturated carbocycles. The zero-order chi connectivity index (χ0) is 13.7. The van der Waals surface area contributed by atoms with Gasteiger partial charge in [-0.1, -0.05) is 26.0 Å². The fraction of sp³-hybridized carbons (Fsp3) is 0.533. The second-order valence-corrected chi connectivity index (χ2v) is 5.17. The molecule has 1 rings (SSSR count). The van der Waals surface area contributed by atoms with Crippen LogP contribution in [0.5, 0.6) is 5.75 Å². The van der Waals surface area contributed by atoms with E-state index in [0.29, 0.717) is 12.5 Å². The van der Waals surface area contributed by atoms with Gasteiger partial charge < -0.3 is 10.1 Å². The van der Waals surface area contributed by atoms with E-state index < -0.39 is 6.10 Å². The standard InChI is InChI=1S/C15H23NO2/c1-10(2)9-16-15(17)13(5)18-14-8-11(3)6-7-12(14)4/h6-8,10,13H,9H2,1-5H3,(H,16,17). The zero-order valence-electron chi connectivity index (χ0n) is 11.9.